The van der Waals surface area contributed by atoms with Gasteiger partial charge in [-0.05, 0) is 73.0 Å². The summed E-state index contributed by atoms with van der Waals surface area (Å²) >= 11 is 3.25. The number of hydrogen-bond donors (Lipinski definition) is 2. The molecule has 0 radical (unpaired) electrons. The smallest absolute Gasteiger partial charge is 0.241 e. The van der Waals surface area contributed by atoms with Crippen LogP contribution >= 0.6 is 15.9 Å². The van der Waals surface area contributed by atoms with Gasteiger partial charge in [0.2, 0.25) is 10.0 Å². The first-order valence-electron chi connectivity index (χ1n) is 7.26. The van der Waals surface area contributed by atoms with E-state index in [0.717, 1.165) is 26.1 Å². The van der Waals surface area contributed by atoms with E-state index in [0.29, 0.717) is 16.7 Å². The number of nitrogen functional groups attached to an aromatic ring is 1. The van der Waals surface area contributed by atoms with E-state index in [2.05, 4.69) is 25.6 Å². The number of rotatable bonds is 6. The van der Waals surface area contributed by atoms with Crippen molar-refractivity contribution < 1.29 is 8.42 Å². The van der Waals surface area contributed by atoms with E-state index in [-0.39, 0.29) is 4.90 Å². The van der Waals surface area contributed by atoms with Gasteiger partial charge in [0.1, 0.15) is 0 Å². The molecule has 1 aromatic carbocycles. The molecule has 3 N–H and O–H groups in total. The lowest BCUT2D eigenvalue weighted by molar-refractivity contribution is 0.227. The number of hydrogen-bond acceptors (Lipinski definition) is 4. The van der Waals surface area contributed by atoms with Gasteiger partial charge < -0.3 is 10.6 Å². The zero-order valence-electron chi connectivity index (χ0n) is 12.0. The van der Waals surface area contributed by atoms with Crippen LogP contribution in [0.25, 0.3) is 0 Å². The average molecular weight is 376 g/mol. The Bertz CT molecular complexity index is 572. The standard InChI is InChI=1S/C14H22BrN3O2S/c15-13-6-5-12(16)11-14(13)21(19,20)17-7-4-10-18-8-2-1-3-9-18/h5-6,11,17H,1-4,7-10,16H2. The monoisotopic (exact) mass is 375 g/mol. The molecule has 0 aliphatic carbocycles. The second kappa shape index (κ2) is 7.58. The molecule has 1 aliphatic heterocycles. The second-order valence-electron chi connectivity index (χ2n) is 5.34. The average Bonchev–Trinajstić information content (AvgIpc) is 2.47. The highest BCUT2D eigenvalue weighted by atomic mass is 79.9. The van der Waals surface area contributed by atoms with Crippen LogP contribution in [0.3, 0.4) is 0 Å². The Morgan fingerprint density at radius 3 is 2.67 bits per heavy atom. The first kappa shape index (κ1) is 16.7. The van der Waals surface area contributed by atoms with E-state index in [1.54, 1.807) is 12.1 Å². The van der Waals surface area contributed by atoms with Crippen LogP contribution in [0.2, 0.25) is 0 Å². The molecule has 0 aromatic heterocycles. The van der Waals surface area contributed by atoms with E-state index >= 15 is 0 Å². The molecule has 0 amide bonds. The van der Waals surface area contributed by atoms with Crippen molar-refractivity contribution in [3.05, 3.63) is 22.7 Å². The van der Waals surface area contributed by atoms with E-state index in [9.17, 15) is 8.42 Å². The van der Waals surface area contributed by atoms with E-state index in [1.807, 2.05) is 0 Å². The second-order valence-corrected chi connectivity index (χ2v) is 7.93. The summed E-state index contributed by atoms with van der Waals surface area (Å²) < 4.78 is 27.7. The van der Waals surface area contributed by atoms with Crippen molar-refractivity contribution in [1.29, 1.82) is 0 Å². The van der Waals surface area contributed by atoms with Gasteiger partial charge in [-0.25, -0.2) is 13.1 Å². The molecule has 21 heavy (non-hydrogen) atoms. The largest absolute Gasteiger partial charge is 0.399 e. The molecule has 5 nitrogen and oxygen atoms in total. The summed E-state index contributed by atoms with van der Waals surface area (Å²) in [6, 6.07) is 4.79. The van der Waals surface area contributed by atoms with Crippen LogP contribution in [0.1, 0.15) is 25.7 Å². The zero-order valence-corrected chi connectivity index (χ0v) is 14.4. The SMILES string of the molecule is Nc1ccc(Br)c(S(=O)(=O)NCCCN2CCCCC2)c1. The molecule has 2 rings (SSSR count). The highest BCUT2D eigenvalue weighted by Gasteiger charge is 2.17. The van der Waals surface area contributed by atoms with Crippen LogP contribution in [0.4, 0.5) is 5.69 Å². The third-order valence-corrected chi connectivity index (χ3v) is 6.09. The van der Waals surface area contributed by atoms with Crippen LogP contribution < -0.4 is 10.5 Å². The number of halogens is 1. The number of sulfonamides is 1. The number of nitrogens with two attached hydrogens (primary N) is 1. The molecule has 118 valence electrons. The quantitative estimate of drug-likeness (QED) is 0.590. The van der Waals surface area contributed by atoms with Crippen molar-refractivity contribution in [2.75, 3.05) is 31.9 Å². The number of piperidine rings is 1. The Morgan fingerprint density at radius 2 is 1.95 bits per heavy atom. The molecule has 0 atom stereocenters. The van der Waals surface area contributed by atoms with Crippen molar-refractivity contribution >= 4 is 31.6 Å². The van der Waals surface area contributed by atoms with Crippen molar-refractivity contribution in [3.8, 4) is 0 Å². The van der Waals surface area contributed by atoms with Crippen LogP contribution in [-0.4, -0.2) is 39.5 Å². The third-order valence-electron chi connectivity index (χ3n) is 3.64. The summed E-state index contributed by atoms with van der Waals surface area (Å²) in [5, 5.41) is 0. The molecular formula is C14H22BrN3O2S. The zero-order chi connectivity index (χ0) is 15.3. The Labute approximate surface area is 135 Å². The fourth-order valence-corrected chi connectivity index (χ4v) is 4.57. The predicted octanol–water partition coefficient (Wildman–Crippen LogP) is 2.19. The molecule has 1 heterocycles. The van der Waals surface area contributed by atoms with Crippen LogP contribution in [-0.2, 0) is 10.0 Å². The van der Waals surface area contributed by atoms with E-state index in [4.69, 9.17) is 5.73 Å². The van der Waals surface area contributed by atoms with Gasteiger partial charge in [-0.2, -0.15) is 0 Å². The molecule has 0 unspecified atom stereocenters. The van der Waals surface area contributed by atoms with Gasteiger partial charge in [0.25, 0.3) is 0 Å². The van der Waals surface area contributed by atoms with Gasteiger partial charge in [-0.1, -0.05) is 6.42 Å². The topological polar surface area (TPSA) is 75.4 Å². The summed E-state index contributed by atoms with van der Waals surface area (Å²) in [7, 11) is -3.51. The number of nitrogens with one attached hydrogen (secondary N) is 1. The van der Waals surface area contributed by atoms with Gasteiger partial charge in [-0.3, -0.25) is 0 Å². The van der Waals surface area contributed by atoms with Crippen LogP contribution in [0.15, 0.2) is 27.6 Å². The number of anilines is 1. The Kier molecular flexibility index (Phi) is 6.04. The molecule has 1 aliphatic rings. The first-order chi connectivity index (χ1) is 9.99. The summed E-state index contributed by atoms with van der Waals surface area (Å²) in [6.45, 7) is 3.65. The number of likely N-dealkylation sites (tertiary alicyclic amines) is 1. The van der Waals surface area contributed by atoms with Crippen molar-refractivity contribution in [2.45, 2.75) is 30.6 Å². The van der Waals surface area contributed by atoms with Crippen LogP contribution in [0, 0.1) is 0 Å². The summed E-state index contributed by atoms with van der Waals surface area (Å²) in [6.07, 6.45) is 4.63. The first-order valence-corrected chi connectivity index (χ1v) is 9.54. The van der Waals surface area contributed by atoms with Gasteiger partial charge in [0.05, 0.1) is 4.90 Å². The maximum Gasteiger partial charge on any atom is 0.241 e. The molecular weight excluding hydrogens is 354 g/mol. The summed E-state index contributed by atoms with van der Waals surface area (Å²) in [4.78, 5) is 2.59. The molecule has 0 bridgehead atoms. The summed E-state index contributed by atoms with van der Waals surface area (Å²) in [5.41, 5.74) is 6.09. The molecule has 7 heteroatoms. The lowest BCUT2D eigenvalue weighted by atomic mass is 10.1. The molecule has 0 saturated carbocycles. The molecule has 1 saturated heterocycles. The van der Waals surface area contributed by atoms with Gasteiger partial charge >= 0.3 is 0 Å². The third kappa shape index (κ3) is 4.95. The fraction of sp³-hybridized carbons (Fsp3) is 0.571. The Hall–Kier alpha value is -0.630. The summed E-state index contributed by atoms with van der Waals surface area (Å²) in [5.74, 6) is 0. The lowest BCUT2D eigenvalue weighted by Crippen LogP contribution is -2.33. The highest BCUT2D eigenvalue weighted by Crippen LogP contribution is 2.23. The van der Waals surface area contributed by atoms with Gasteiger partial charge in [-0.15, -0.1) is 0 Å². The van der Waals surface area contributed by atoms with Crippen molar-refractivity contribution in [3.63, 3.8) is 0 Å². The lowest BCUT2D eigenvalue weighted by Gasteiger charge is -2.26. The Balaban J connectivity index is 1.85. The molecule has 0 spiro atoms. The van der Waals surface area contributed by atoms with Gasteiger partial charge in [0, 0.05) is 16.7 Å². The maximum absolute atomic E-state index is 12.2. The number of nitrogens with zero attached hydrogens (tertiary/aromatic N) is 1. The Morgan fingerprint density at radius 1 is 1.24 bits per heavy atom. The minimum atomic E-state index is -3.51. The predicted molar refractivity (Wildman–Crippen MR) is 88.7 cm³/mol. The van der Waals surface area contributed by atoms with Gasteiger partial charge in [0.15, 0.2) is 0 Å². The molecule has 1 fully saturated rings. The maximum atomic E-state index is 12.2. The fourth-order valence-electron chi connectivity index (χ4n) is 2.50. The molecule has 1 aromatic rings. The van der Waals surface area contributed by atoms with E-state index in [1.165, 1.54) is 25.3 Å². The number of benzene rings is 1. The van der Waals surface area contributed by atoms with Crippen molar-refractivity contribution in [1.82, 2.24) is 9.62 Å². The minimum Gasteiger partial charge on any atom is -0.399 e. The van der Waals surface area contributed by atoms with E-state index < -0.39 is 10.0 Å². The highest BCUT2D eigenvalue weighted by molar-refractivity contribution is 9.10. The minimum absolute atomic E-state index is 0.195. The van der Waals surface area contributed by atoms with Crippen LogP contribution in [0.5, 0.6) is 0 Å². The normalized spacial score (nSPS) is 17.0. The van der Waals surface area contributed by atoms with Crippen molar-refractivity contribution in [2.24, 2.45) is 0 Å².